The van der Waals surface area contributed by atoms with Crippen LogP contribution in [-0.4, -0.2) is 16.7 Å². The summed E-state index contributed by atoms with van der Waals surface area (Å²) >= 11 is 12.3. The number of hydrogen-bond donors (Lipinski definition) is 1. The van der Waals surface area contributed by atoms with Gasteiger partial charge in [0, 0.05) is 22.0 Å². The van der Waals surface area contributed by atoms with E-state index >= 15 is 0 Å². The zero-order chi connectivity index (χ0) is 18.8. The molecule has 0 aliphatic heterocycles. The van der Waals surface area contributed by atoms with Gasteiger partial charge < -0.3 is 8.98 Å². The molecule has 2 heterocycles. The van der Waals surface area contributed by atoms with Crippen molar-refractivity contribution in [1.29, 1.82) is 0 Å². The van der Waals surface area contributed by atoms with Crippen LogP contribution in [0.4, 0.5) is 0 Å². The minimum atomic E-state index is -0.399. The van der Waals surface area contributed by atoms with Gasteiger partial charge in [0.2, 0.25) is 0 Å². The molecular formula is C19H17Cl2N3O2. The van der Waals surface area contributed by atoms with Gasteiger partial charge in [0.1, 0.15) is 5.76 Å². The van der Waals surface area contributed by atoms with Crippen molar-refractivity contribution in [1.82, 2.24) is 9.99 Å². The third kappa shape index (κ3) is 3.69. The highest BCUT2D eigenvalue weighted by Crippen LogP contribution is 2.28. The summed E-state index contributed by atoms with van der Waals surface area (Å²) in [6, 6.07) is 10.7. The van der Waals surface area contributed by atoms with Gasteiger partial charge >= 0.3 is 5.91 Å². The molecule has 0 fully saturated rings. The van der Waals surface area contributed by atoms with E-state index in [-0.39, 0.29) is 5.76 Å². The molecule has 1 amide bonds. The maximum Gasteiger partial charge on any atom is 0.307 e. The van der Waals surface area contributed by atoms with Gasteiger partial charge in [-0.3, -0.25) is 4.79 Å². The van der Waals surface area contributed by atoms with E-state index in [0.717, 1.165) is 22.6 Å². The molecule has 134 valence electrons. The lowest BCUT2D eigenvalue weighted by Gasteiger charge is -2.11. The molecule has 1 N–H and O–H groups in total. The van der Waals surface area contributed by atoms with Crippen molar-refractivity contribution < 1.29 is 9.21 Å². The Morgan fingerprint density at radius 1 is 1.15 bits per heavy atom. The van der Waals surface area contributed by atoms with Crippen molar-refractivity contribution in [3.05, 3.63) is 74.9 Å². The zero-order valence-electron chi connectivity index (χ0n) is 14.5. The van der Waals surface area contributed by atoms with Crippen molar-refractivity contribution >= 4 is 35.3 Å². The number of rotatable bonds is 4. The first kappa shape index (κ1) is 18.3. The number of hydrazone groups is 1. The van der Waals surface area contributed by atoms with Crippen LogP contribution in [0, 0.1) is 20.8 Å². The SMILES string of the molecule is Cc1ccc(C(=O)N/N=C\c2cc(C)n(-c3ccc(Cl)cc3Cl)c2C)o1. The molecular weight excluding hydrogens is 373 g/mol. The summed E-state index contributed by atoms with van der Waals surface area (Å²) in [5.74, 6) is 0.490. The Hall–Kier alpha value is -2.50. The van der Waals surface area contributed by atoms with Gasteiger partial charge in [-0.25, -0.2) is 5.43 Å². The van der Waals surface area contributed by atoms with Crippen LogP contribution < -0.4 is 5.43 Å². The monoisotopic (exact) mass is 389 g/mol. The molecule has 5 nitrogen and oxygen atoms in total. The highest BCUT2D eigenvalue weighted by molar-refractivity contribution is 6.35. The lowest BCUT2D eigenvalue weighted by atomic mass is 10.2. The number of halogens is 2. The van der Waals surface area contributed by atoms with Crippen molar-refractivity contribution in [2.75, 3.05) is 0 Å². The van der Waals surface area contributed by atoms with E-state index in [1.54, 1.807) is 37.4 Å². The molecule has 0 aliphatic rings. The van der Waals surface area contributed by atoms with Crippen molar-refractivity contribution in [3.8, 4) is 5.69 Å². The van der Waals surface area contributed by atoms with Crippen LogP contribution in [0.5, 0.6) is 0 Å². The molecule has 0 atom stereocenters. The average molecular weight is 390 g/mol. The first-order chi connectivity index (χ1) is 12.4. The predicted molar refractivity (Wildman–Crippen MR) is 104 cm³/mol. The molecule has 0 saturated carbocycles. The highest BCUT2D eigenvalue weighted by atomic mass is 35.5. The summed E-state index contributed by atoms with van der Waals surface area (Å²) in [5.41, 5.74) is 6.09. The molecule has 0 saturated heterocycles. The van der Waals surface area contributed by atoms with Gasteiger partial charge in [0.25, 0.3) is 0 Å². The second-order valence-electron chi connectivity index (χ2n) is 5.87. The molecule has 2 aromatic heterocycles. The van der Waals surface area contributed by atoms with E-state index in [1.165, 1.54) is 0 Å². The molecule has 26 heavy (non-hydrogen) atoms. The minimum absolute atomic E-state index is 0.220. The lowest BCUT2D eigenvalue weighted by Crippen LogP contribution is -2.16. The zero-order valence-corrected chi connectivity index (χ0v) is 16.0. The number of hydrogen-bond acceptors (Lipinski definition) is 3. The van der Waals surface area contributed by atoms with Crippen LogP contribution in [0.1, 0.15) is 33.3 Å². The van der Waals surface area contributed by atoms with E-state index in [9.17, 15) is 4.79 Å². The van der Waals surface area contributed by atoms with Crippen molar-refractivity contribution in [2.24, 2.45) is 5.10 Å². The first-order valence-electron chi connectivity index (χ1n) is 7.91. The third-order valence-corrected chi connectivity index (χ3v) is 4.49. The summed E-state index contributed by atoms with van der Waals surface area (Å²) < 4.78 is 7.27. The molecule has 0 unspecified atom stereocenters. The van der Waals surface area contributed by atoms with Crippen LogP contribution in [0.2, 0.25) is 10.0 Å². The van der Waals surface area contributed by atoms with Crippen molar-refractivity contribution in [3.63, 3.8) is 0 Å². The number of benzene rings is 1. The van der Waals surface area contributed by atoms with Gasteiger partial charge in [0.05, 0.1) is 16.9 Å². The number of aromatic nitrogens is 1. The predicted octanol–water partition coefficient (Wildman–Crippen LogP) is 5.07. The molecule has 1 aromatic carbocycles. The summed E-state index contributed by atoms with van der Waals surface area (Å²) in [6.07, 6.45) is 1.59. The molecule has 0 aliphatic carbocycles. The third-order valence-electron chi connectivity index (χ3n) is 3.95. The van der Waals surface area contributed by atoms with Gasteiger partial charge in [0.15, 0.2) is 5.76 Å². The normalized spacial score (nSPS) is 11.3. The number of amides is 1. The fourth-order valence-corrected chi connectivity index (χ4v) is 3.22. The average Bonchev–Trinajstić information content (AvgIpc) is 3.12. The Kier molecular flexibility index (Phi) is 5.20. The Morgan fingerprint density at radius 3 is 2.58 bits per heavy atom. The summed E-state index contributed by atoms with van der Waals surface area (Å²) in [4.78, 5) is 11.9. The van der Waals surface area contributed by atoms with E-state index in [2.05, 4.69) is 10.5 Å². The Labute approximate surface area is 161 Å². The maximum atomic E-state index is 11.9. The topological polar surface area (TPSA) is 59.5 Å². The molecule has 3 aromatic rings. The van der Waals surface area contributed by atoms with Crippen LogP contribution >= 0.6 is 23.2 Å². The molecule has 0 radical (unpaired) electrons. The fourth-order valence-electron chi connectivity index (χ4n) is 2.72. The lowest BCUT2D eigenvalue weighted by molar-refractivity contribution is 0.0926. The van der Waals surface area contributed by atoms with Crippen molar-refractivity contribution in [2.45, 2.75) is 20.8 Å². The maximum absolute atomic E-state index is 11.9. The van der Waals surface area contributed by atoms with Gasteiger partial charge in [-0.1, -0.05) is 23.2 Å². The number of furan rings is 1. The van der Waals surface area contributed by atoms with Gasteiger partial charge in [-0.05, 0) is 57.2 Å². The number of nitrogens with one attached hydrogen (secondary N) is 1. The number of nitrogens with zero attached hydrogens (tertiary/aromatic N) is 2. The van der Waals surface area contributed by atoms with E-state index in [1.807, 2.05) is 30.5 Å². The number of aryl methyl sites for hydroxylation is 2. The second-order valence-corrected chi connectivity index (χ2v) is 6.71. The second kappa shape index (κ2) is 7.40. The summed E-state index contributed by atoms with van der Waals surface area (Å²) in [7, 11) is 0. The van der Waals surface area contributed by atoms with E-state index < -0.39 is 5.91 Å². The van der Waals surface area contributed by atoms with Crippen LogP contribution in [-0.2, 0) is 0 Å². The quantitative estimate of drug-likeness (QED) is 0.500. The summed E-state index contributed by atoms with van der Waals surface area (Å²) in [6.45, 7) is 5.70. The molecule has 3 rings (SSSR count). The Bertz CT molecular complexity index is 1000. The highest BCUT2D eigenvalue weighted by Gasteiger charge is 2.13. The number of carbonyl (C=O) groups is 1. The molecule has 7 heteroatoms. The van der Waals surface area contributed by atoms with Crippen LogP contribution in [0.15, 0.2) is 45.9 Å². The molecule has 0 bridgehead atoms. The van der Waals surface area contributed by atoms with Gasteiger partial charge in [-0.2, -0.15) is 5.10 Å². The Balaban J connectivity index is 1.82. The Morgan fingerprint density at radius 2 is 1.92 bits per heavy atom. The minimum Gasteiger partial charge on any atom is -0.456 e. The molecule has 0 spiro atoms. The standard InChI is InChI=1S/C19H17Cl2N3O2/c1-11-8-14(10-22-23-19(25)18-7-4-12(2)26-18)13(3)24(11)17-6-5-15(20)9-16(17)21/h4-10H,1-3H3,(H,23,25)/b22-10-. The summed E-state index contributed by atoms with van der Waals surface area (Å²) in [5, 5.41) is 5.16. The largest absolute Gasteiger partial charge is 0.456 e. The van der Waals surface area contributed by atoms with Crippen LogP contribution in [0.25, 0.3) is 5.69 Å². The van der Waals surface area contributed by atoms with Gasteiger partial charge in [-0.15, -0.1) is 0 Å². The first-order valence-corrected chi connectivity index (χ1v) is 8.66. The van der Waals surface area contributed by atoms with E-state index in [4.69, 9.17) is 27.6 Å². The fraction of sp³-hybridized carbons (Fsp3) is 0.158. The van der Waals surface area contributed by atoms with E-state index in [0.29, 0.717) is 15.8 Å². The smallest absolute Gasteiger partial charge is 0.307 e. The van der Waals surface area contributed by atoms with Crippen LogP contribution in [0.3, 0.4) is 0 Å². The number of carbonyl (C=O) groups excluding carboxylic acids is 1.